The fraction of sp³-hybridized carbons (Fsp3) is 0.333. The van der Waals surface area contributed by atoms with Crippen LogP contribution in [0.2, 0.25) is 0 Å². The van der Waals surface area contributed by atoms with Crippen LogP contribution in [0.4, 0.5) is 13.2 Å². The summed E-state index contributed by atoms with van der Waals surface area (Å²) >= 11 is 0. The average molecular weight is 290 g/mol. The van der Waals surface area contributed by atoms with Crippen molar-refractivity contribution >= 4 is 11.8 Å². The number of rotatable bonds is 5. The fourth-order valence-electron chi connectivity index (χ4n) is 1.32. The van der Waals surface area contributed by atoms with E-state index in [1.807, 2.05) is 0 Å². The normalized spacial score (nSPS) is 10.8. The first-order valence-electron chi connectivity index (χ1n) is 5.62. The third kappa shape index (κ3) is 4.79. The van der Waals surface area contributed by atoms with Crippen LogP contribution in [0.15, 0.2) is 24.3 Å². The van der Waals surface area contributed by atoms with Gasteiger partial charge in [0.25, 0.3) is 5.91 Å². The van der Waals surface area contributed by atoms with Crippen molar-refractivity contribution in [3.8, 4) is 5.75 Å². The highest BCUT2D eigenvalue weighted by atomic mass is 19.4. The number of ether oxygens (including phenoxy) is 1. The Morgan fingerprint density at radius 1 is 1.20 bits per heavy atom. The maximum Gasteiger partial charge on any atom is 0.471 e. The Hall–Kier alpha value is -2.25. The molecule has 0 heterocycles. The lowest BCUT2D eigenvalue weighted by Crippen LogP contribution is -2.41. The summed E-state index contributed by atoms with van der Waals surface area (Å²) in [7, 11) is 1.45. The van der Waals surface area contributed by atoms with Crippen molar-refractivity contribution in [1.29, 1.82) is 0 Å². The second-order valence-corrected chi connectivity index (χ2v) is 3.74. The Morgan fingerprint density at radius 3 is 2.45 bits per heavy atom. The molecule has 110 valence electrons. The number of nitrogens with one attached hydrogen (secondary N) is 2. The van der Waals surface area contributed by atoms with E-state index in [-0.39, 0.29) is 13.1 Å². The molecule has 0 saturated carbocycles. The molecule has 1 aromatic carbocycles. The van der Waals surface area contributed by atoms with Gasteiger partial charge in [-0.25, -0.2) is 0 Å². The predicted octanol–water partition coefficient (Wildman–Crippen LogP) is 1.10. The number of benzene rings is 1. The molecule has 0 spiro atoms. The maximum absolute atomic E-state index is 11.9. The van der Waals surface area contributed by atoms with E-state index in [1.54, 1.807) is 17.4 Å². The molecule has 0 aliphatic rings. The summed E-state index contributed by atoms with van der Waals surface area (Å²) in [6.07, 6.45) is -4.92. The zero-order chi connectivity index (χ0) is 15.2. The molecule has 0 aromatic heterocycles. The Kier molecular flexibility index (Phi) is 5.36. The minimum atomic E-state index is -4.92. The lowest BCUT2D eigenvalue weighted by molar-refractivity contribution is -0.173. The number of hydrogen-bond donors (Lipinski definition) is 2. The third-order valence-electron chi connectivity index (χ3n) is 2.29. The molecule has 0 atom stereocenters. The van der Waals surface area contributed by atoms with Crippen molar-refractivity contribution in [2.24, 2.45) is 0 Å². The van der Waals surface area contributed by atoms with Crippen molar-refractivity contribution in [3.63, 3.8) is 0 Å². The molecule has 5 nitrogen and oxygen atoms in total. The summed E-state index contributed by atoms with van der Waals surface area (Å²) in [5.41, 5.74) is 0.312. The van der Waals surface area contributed by atoms with Crippen LogP contribution >= 0.6 is 0 Å². The smallest absolute Gasteiger partial charge is 0.471 e. The Balaban J connectivity index is 2.39. The van der Waals surface area contributed by atoms with Gasteiger partial charge in [-0.1, -0.05) is 6.07 Å². The molecule has 2 amide bonds. The summed E-state index contributed by atoms with van der Waals surface area (Å²) in [6.45, 7) is -0.425. The molecule has 0 unspecified atom stereocenters. The molecule has 0 aliphatic carbocycles. The van der Waals surface area contributed by atoms with Gasteiger partial charge in [-0.3, -0.25) is 9.59 Å². The number of carbonyl (C=O) groups excluding carboxylic acids is 2. The summed E-state index contributed by atoms with van der Waals surface area (Å²) in [5, 5.41) is 4.03. The minimum Gasteiger partial charge on any atom is -0.497 e. The van der Waals surface area contributed by atoms with Gasteiger partial charge in [-0.15, -0.1) is 0 Å². The van der Waals surface area contributed by atoms with Crippen LogP contribution in [0.25, 0.3) is 0 Å². The van der Waals surface area contributed by atoms with Gasteiger partial charge in [0.05, 0.1) is 7.11 Å². The topological polar surface area (TPSA) is 67.4 Å². The van der Waals surface area contributed by atoms with Crippen LogP contribution in [0.1, 0.15) is 10.4 Å². The first-order chi connectivity index (χ1) is 9.34. The van der Waals surface area contributed by atoms with Crippen molar-refractivity contribution in [2.45, 2.75) is 6.18 Å². The highest BCUT2D eigenvalue weighted by molar-refractivity contribution is 5.94. The fourth-order valence-corrected chi connectivity index (χ4v) is 1.32. The van der Waals surface area contributed by atoms with Crippen LogP contribution in [0.3, 0.4) is 0 Å². The van der Waals surface area contributed by atoms with E-state index in [2.05, 4.69) is 5.32 Å². The van der Waals surface area contributed by atoms with Gasteiger partial charge in [0.1, 0.15) is 5.75 Å². The third-order valence-corrected chi connectivity index (χ3v) is 2.29. The molecule has 0 saturated heterocycles. The van der Waals surface area contributed by atoms with Gasteiger partial charge in [0.15, 0.2) is 0 Å². The zero-order valence-corrected chi connectivity index (χ0v) is 10.6. The van der Waals surface area contributed by atoms with Crippen LogP contribution in [-0.2, 0) is 4.79 Å². The number of hydrogen-bond acceptors (Lipinski definition) is 3. The highest BCUT2D eigenvalue weighted by Gasteiger charge is 2.38. The Morgan fingerprint density at radius 2 is 1.85 bits per heavy atom. The van der Waals surface area contributed by atoms with Gasteiger partial charge in [-0.05, 0) is 18.2 Å². The average Bonchev–Trinajstić information content (AvgIpc) is 2.42. The van der Waals surface area contributed by atoms with E-state index in [0.29, 0.717) is 11.3 Å². The lowest BCUT2D eigenvalue weighted by atomic mass is 10.2. The van der Waals surface area contributed by atoms with Gasteiger partial charge >= 0.3 is 12.1 Å². The summed E-state index contributed by atoms with van der Waals surface area (Å²) in [6, 6.07) is 6.29. The van der Waals surface area contributed by atoms with E-state index < -0.39 is 18.0 Å². The van der Waals surface area contributed by atoms with Crippen LogP contribution in [0, 0.1) is 0 Å². The highest BCUT2D eigenvalue weighted by Crippen LogP contribution is 2.14. The number of carbonyl (C=O) groups is 2. The molecule has 8 heteroatoms. The molecule has 1 rings (SSSR count). The quantitative estimate of drug-likeness (QED) is 0.798. The summed E-state index contributed by atoms with van der Waals surface area (Å²) in [4.78, 5) is 22.2. The molecule has 2 N–H and O–H groups in total. The molecular weight excluding hydrogens is 277 g/mol. The molecule has 1 aromatic rings. The number of methoxy groups -OCH3 is 1. The van der Waals surface area contributed by atoms with Gasteiger partial charge < -0.3 is 15.4 Å². The monoisotopic (exact) mass is 290 g/mol. The summed E-state index contributed by atoms with van der Waals surface area (Å²) < 4.78 is 40.5. The van der Waals surface area contributed by atoms with Crippen molar-refractivity contribution < 1.29 is 27.5 Å². The largest absolute Gasteiger partial charge is 0.497 e. The molecule has 0 radical (unpaired) electrons. The first kappa shape index (κ1) is 15.8. The summed E-state index contributed by atoms with van der Waals surface area (Å²) in [5.74, 6) is -2.01. The number of amides is 2. The Labute approximate surface area is 113 Å². The zero-order valence-electron chi connectivity index (χ0n) is 10.6. The van der Waals surface area contributed by atoms with E-state index in [9.17, 15) is 22.8 Å². The van der Waals surface area contributed by atoms with Crippen molar-refractivity contribution in [1.82, 2.24) is 10.6 Å². The van der Waals surface area contributed by atoms with Crippen molar-refractivity contribution in [3.05, 3.63) is 29.8 Å². The first-order valence-corrected chi connectivity index (χ1v) is 5.62. The molecule has 0 fully saturated rings. The second-order valence-electron chi connectivity index (χ2n) is 3.74. The van der Waals surface area contributed by atoms with Gasteiger partial charge in [-0.2, -0.15) is 13.2 Å². The van der Waals surface area contributed by atoms with Crippen LogP contribution in [-0.4, -0.2) is 38.2 Å². The second kappa shape index (κ2) is 6.78. The molecule has 0 bridgehead atoms. The molecule has 20 heavy (non-hydrogen) atoms. The number of alkyl halides is 3. The standard InChI is InChI=1S/C12H13F3N2O3/c1-20-9-4-2-3-8(7-9)10(18)16-5-6-17-11(19)12(13,14)15/h2-4,7H,5-6H2,1H3,(H,16,18)(H,17,19). The van der Waals surface area contributed by atoms with E-state index >= 15 is 0 Å². The maximum atomic E-state index is 11.9. The Bertz CT molecular complexity index is 489. The van der Waals surface area contributed by atoms with E-state index in [1.165, 1.54) is 19.2 Å². The van der Waals surface area contributed by atoms with E-state index in [0.717, 1.165) is 0 Å². The predicted molar refractivity (Wildman–Crippen MR) is 64.4 cm³/mol. The number of halogens is 3. The van der Waals surface area contributed by atoms with E-state index in [4.69, 9.17) is 4.74 Å². The minimum absolute atomic E-state index is 0.113. The SMILES string of the molecule is COc1cccc(C(=O)NCCNC(=O)C(F)(F)F)c1. The van der Waals surface area contributed by atoms with Crippen LogP contribution < -0.4 is 15.4 Å². The lowest BCUT2D eigenvalue weighted by Gasteiger charge is -2.09. The van der Waals surface area contributed by atoms with Crippen molar-refractivity contribution in [2.75, 3.05) is 20.2 Å². The van der Waals surface area contributed by atoms with Gasteiger partial charge in [0, 0.05) is 18.7 Å². The van der Waals surface area contributed by atoms with Crippen LogP contribution in [0.5, 0.6) is 5.75 Å². The molecule has 0 aliphatic heterocycles. The van der Waals surface area contributed by atoms with Gasteiger partial charge in [0.2, 0.25) is 0 Å². The molecular formula is C12H13F3N2O3.